The van der Waals surface area contributed by atoms with Gasteiger partial charge in [0.05, 0.1) is 18.2 Å². The van der Waals surface area contributed by atoms with Gasteiger partial charge in [-0.25, -0.2) is 0 Å². The van der Waals surface area contributed by atoms with Crippen LogP contribution in [0, 0.1) is 13.8 Å². The third-order valence-electron chi connectivity index (χ3n) is 5.67. The van der Waals surface area contributed by atoms with Crippen molar-refractivity contribution in [3.05, 3.63) is 28.7 Å². The third-order valence-corrected chi connectivity index (χ3v) is 5.67. The van der Waals surface area contributed by atoms with Gasteiger partial charge in [0, 0.05) is 43.9 Å². The van der Waals surface area contributed by atoms with Crippen molar-refractivity contribution in [2.24, 2.45) is 7.05 Å². The molecule has 2 fully saturated rings. The van der Waals surface area contributed by atoms with Crippen molar-refractivity contribution in [3.63, 3.8) is 0 Å². The highest BCUT2D eigenvalue weighted by molar-refractivity contribution is 5.79. The van der Waals surface area contributed by atoms with Gasteiger partial charge in [-0.2, -0.15) is 10.1 Å². The molecule has 8 heteroatoms. The van der Waals surface area contributed by atoms with Crippen molar-refractivity contribution in [1.29, 1.82) is 0 Å². The summed E-state index contributed by atoms with van der Waals surface area (Å²) in [4.78, 5) is 21.6. The number of rotatable bonds is 4. The van der Waals surface area contributed by atoms with Gasteiger partial charge in [0.25, 0.3) is 0 Å². The van der Waals surface area contributed by atoms with E-state index in [0.717, 1.165) is 48.8 Å². The fraction of sp³-hybridized carbons (Fsp3) is 0.667. The molecule has 1 aliphatic carbocycles. The molecule has 1 aliphatic heterocycles. The summed E-state index contributed by atoms with van der Waals surface area (Å²) in [6.45, 7) is 6.08. The number of aryl methyl sites for hydroxylation is 2. The Morgan fingerprint density at radius 3 is 2.65 bits per heavy atom. The minimum absolute atomic E-state index is 0.0138. The molecule has 26 heavy (non-hydrogen) atoms. The number of aromatic nitrogens is 4. The average molecular weight is 358 g/mol. The smallest absolute Gasteiger partial charge is 0.229 e. The van der Waals surface area contributed by atoms with Crippen molar-refractivity contribution < 1.29 is 9.32 Å². The van der Waals surface area contributed by atoms with Crippen molar-refractivity contribution in [2.45, 2.75) is 45.1 Å². The molecule has 4 rings (SSSR count). The summed E-state index contributed by atoms with van der Waals surface area (Å²) in [6.07, 6.45) is 2.66. The highest BCUT2D eigenvalue weighted by Gasteiger charge is 2.35. The average Bonchev–Trinajstić information content (AvgIpc) is 3.30. The molecule has 1 atom stereocenters. The SMILES string of the molecule is Cc1nn(C)c(C)c1CC(=O)N1CCN(C)[C@@H](c2noc(C3CC3)n2)C1. The standard InChI is InChI=1S/C18H26N6O2/c1-11-14(12(2)23(4)20-11)9-16(25)24-8-7-22(3)15(10-24)17-19-18(26-21-17)13-5-6-13/h13,15H,5-10H2,1-4H3/t15-/m1/s1. The number of hydrogen-bond donors (Lipinski definition) is 0. The summed E-state index contributed by atoms with van der Waals surface area (Å²) in [5, 5.41) is 8.60. The summed E-state index contributed by atoms with van der Waals surface area (Å²) in [5.74, 6) is 2.02. The maximum Gasteiger partial charge on any atom is 0.229 e. The fourth-order valence-corrected chi connectivity index (χ4v) is 3.59. The van der Waals surface area contributed by atoms with E-state index in [9.17, 15) is 4.79 Å². The first kappa shape index (κ1) is 17.2. The van der Waals surface area contributed by atoms with Crippen LogP contribution in [0.1, 0.15) is 53.5 Å². The molecular weight excluding hydrogens is 332 g/mol. The van der Waals surface area contributed by atoms with Gasteiger partial charge in [-0.1, -0.05) is 5.16 Å². The van der Waals surface area contributed by atoms with Gasteiger partial charge in [0.2, 0.25) is 11.8 Å². The second kappa shape index (κ2) is 6.50. The molecule has 0 bridgehead atoms. The zero-order valence-corrected chi connectivity index (χ0v) is 15.9. The predicted octanol–water partition coefficient (Wildman–Crippen LogP) is 1.36. The number of likely N-dealkylation sites (N-methyl/N-ethyl adjacent to an activating group) is 1. The van der Waals surface area contributed by atoms with Crippen LogP contribution in [0.3, 0.4) is 0 Å². The highest BCUT2D eigenvalue weighted by Crippen LogP contribution is 2.39. The predicted molar refractivity (Wildman–Crippen MR) is 94.6 cm³/mol. The first-order valence-corrected chi connectivity index (χ1v) is 9.24. The Kier molecular flexibility index (Phi) is 4.30. The van der Waals surface area contributed by atoms with Gasteiger partial charge < -0.3 is 9.42 Å². The van der Waals surface area contributed by atoms with Crippen LogP contribution in [0.5, 0.6) is 0 Å². The molecule has 0 spiro atoms. The Hall–Kier alpha value is -2.22. The van der Waals surface area contributed by atoms with Crippen molar-refractivity contribution in [2.75, 3.05) is 26.7 Å². The minimum Gasteiger partial charge on any atom is -0.339 e. The lowest BCUT2D eigenvalue weighted by Crippen LogP contribution is -2.49. The molecule has 0 radical (unpaired) electrons. The molecule has 1 amide bonds. The highest BCUT2D eigenvalue weighted by atomic mass is 16.5. The lowest BCUT2D eigenvalue weighted by molar-refractivity contribution is -0.133. The summed E-state index contributed by atoms with van der Waals surface area (Å²) < 4.78 is 7.25. The van der Waals surface area contributed by atoms with E-state index >= 15 is 0 Å². The van der Waals surface area contributed by atoms with Gasteiger partial charge in [0.15, 0.2) is 5.82 Å². The van der Waals surface area contributed by atoms with Crippen molar-refractivity contribution in [3.8, 4) is 0 Å². The van der Waals surface area contributed by atoms with E-state index in [0.29, 0.717) is 24.7 Å². The topological polar surface area (TPSA) is 80.3 Å². The molecule has 2 aliphatic rings. The third kappa shape index (κ3) is 3.13. The summed E-state index contributed by atoms with van der Waals surface area (Å²) in [5.41, 5.74) is 3.01. The maximum atomic E-state index is 12.9. The van der Waals surface area contributed by atoms with Crippen LogP contribution < -0.4 is 0 Å². The summed E-state index contributed by atoms with van der Waals surface area (Å²) >= 11 is 0. The van der Waals surface area contributed by atoms with Crippen LogP contribution in [0.4, 0.5) is 0 Å². The van der Waals surface area contributed by atoms with Gasteiger partial charge in [-0.3, -0.25) is 14.4 Å². The second-order valence-corrected chi connectivity index (χ2v) is 7.55. The number of amides is 1. The fourth-order valence-electron chi connectivity index (χ4n) is 3.59. The summed E-state index contributed by atoms with van der Waals surface area (Å²) in [6, 6.07) is -0.0138. The Morgan fingerprint density at radius 2 is 2.00 bits per heavy atom. The van der Waals surface area contributed by atoms with Gasteiger partial charge in [-0.05, 0) is 33.7 Å². The first-order chi connectivity index (χ1) is 12.4. The normalized spacial score (nSPS) is 21.4. The van der Waals surface area contributed by atoms with Crippen LogP contribution in [0.25, 0.3) is 0 Å². The van der Waals surface area contributed by atoms with E-state index in [2.05, 4.69) is 27.2 Å². The first-order valence-electron chi connectivity index (χ1n) is 9.24. The minimum atomic E-state index is -0.0138. The molecule has 8 nitrogen and oxygen atoms in total. The lowest BCUT2D eigenvalue weighted by atomic mass is 10.1. The van der Waals surface area contributed by atoms with E-state index in [1.54, 1.807) is 0 Å². The summed E-state index contributed by atoms with van der Waals surface area (Å²) in [7, 11) is 3.96. The molecule has 1 saturated heterocycles. The van der Waals surface area contributed by atoms with Crippen LogP contribution in [0.2, 0.25) is 0 Å². The van der Waals surface area contributed by atoms with E-state index < -0.39 is 0 Å². The van der Waals surface area contributed by atoms with E-state index in [-0.39, 0.29) is 11.9 Å². The molecule has 3 heterocycles. The Balaban J connectivity index is 1.47. The van der Waals surface area contributed by atoms with Crippen LogP contribution in [0.15, 0.2) is 4.52 Å². The quantitative estimate of drug-likeness (QED) is 0.821. The monoisotopic (exact) mass is 358 g/mol. The number of carbonyl (C=O) groups excluding carboxylic acids is 1. The van der Waals surface area contributed by atoms with Gasteiger partial charge >= 0.3 is 0 Å². The van der Waals surface area contributed by atoms with Gasteiger partial charge in [-0.15, -0.1) is 0 Å². The zero-order valence-electron chi connectivity index (χ0n) is 15.9. The van der Waals surface area contributed by atoms with Crippen molar-refractivity contribution >= 4 is 5.91 Å². The van der Waals surface area contributed by atoms with E-state index in [1.807, 2.05) is 30.5 Å². The Morgan fingerprint density at radius 1 is 1.23 bits per heavy atom. The largest absolute Gasteiger partial charge is 0.339 e. The molecule has 0 N–H and O–H groups in total. The van der Waals surface area contributed by atoms with Crippen LogP contribution >= 0.6 is 0 Å². The maximum absolute atomic E-state index is 12.9. The Bertz CT molecular complexity index is 822. The van der Waals surface area contributed by atoms with E-state index in [1.165, 1.54) is 0 Å². The molecule has 1 saturated carbocycles. The number of carbonyl (C=O) groups is 1. The molecule has 0 unspecified atom stereocenters. The second-order valence-electron chi connectivity index (χ2n) is 7.55. The van der Waals surface area contributed by atoms with Crippen LogP contribution in [-0.4, -0.2) is 62.3 Å². The number of piperazine rings is 1. The molecule has 0 aromatic carbocycles. The zero-order chi connectivity index (χ0) is 18.4. The van der Waals surface area contributed by atoms with Gasteiger partial charge in [0.1, 0.15) is 0 Å². The van der Waals surface area contributed by atoms with E-state index in [4.69, 9.17) is 4.52 Å². The molecule has 140 valence electrons. The molecule has 2 aromatic heterocycles. The van der Waals surface area contributed by atoms with Crippen LogP contribution in [-0.2, 0) is 18.3 Å². The molecule has 2 aromatic rings. The number of hydrogen-bond acceptors (Lipinski definition) is 6. The number of nitrogens with zero attached hydrogens (tertiary/aromatic N) is 6. The lowest BCUT2D eigenvalue weighted by Gasteiger charge is -2.38. The molecular formula is C18H26N6O2. The Labute approximate surface area is 153 Å². The van der Waals surface area contributed by atoms with Crippen molar-refractivity contribution in [1.82, 2.24) is 29.7 Å².